The number of carboxylic acid groups (broad SMARTS) is 1. The van der Waals surface area contributed by atoms with Gasteiger partial charge in [0.15, 0.2) is 0 Å². The predicted molar refractivity (Wildman–Crippen MR) is 61.5 cm³/mol. The molecule has 4 heteroatoms. The van der Waals surface area contributed by atoms with Gasteiger partial charge in [0.05, 0.1) is 5.56 Å². The highest BCUT2D eigenvalue weighted by molar-refractivity contribution is 7.79. The summed E-state index contributed by atoms with van der Waals surface area (Å²) in [5, 5.41) is 9.94. The SMILES string of the molecule is O=C(O)c1cccc2cc(CS)sc12. The van der Waals surface area contributed by atoms with E-state index in [1.807, 2.05) is 12.1 Å². The fraction of sp³-hybridized carbons (Fsp3) is 0.100. The maximum Gasteiger partial charge on any atom is 0.337 e. The van der Waals surface area contributed by atoms with Crippen molar-refractivity contribution in [2.75, 3.05) is 0 Å². The Hall–Kier alpha value is -1.000. The van der Waals surface area contributed by atoms with Crippen LogP contribution in [0.4, 0.5) is 0 Å². The number of benzene rings is 1. The second kappa shape index (κ2) is 3.63. The van der Waals surface area contributed by atoms with E-state index in [9.17, 15) is 4.79 Å². The highest BCUT2D eigenvalue weighted by atomic mass is 32.1. The zero-order valence-electron chi connectivity index (χ0n) is 7.23. The van der Waals surface area contributed by atoms with E-state index in [1.165, 1.54) is 11.3 Å². The van der Waals surface area contributed by atoms with Crippen LogP contribution in [0.2, 0.25) is 0 Å². The van der Waals surface area contributed by atoms with Gasteiger partial charge in [0, 0.05) is 15.3 Å². The Labute approximate surface area is 90.6 Å². The first-order valence-corrected chi connectivity index (χ1v) is 5.53. The zero-order chi connectivity index (χ0) is 10.1. The van der Waals surface area contributed by atoms with Gasteiger partial charge in [-0.2, -0.15) is 12.6 Å². The van der Waals surface area contributed by atoms with Crippen molar-refractivity contribution in [2.24, 2.45) is 0 Å². The lowest BCUT2D eigenvalue weighted by Gasteiger charge is -1.94. The molecule has 0 amide bonds. The summed E-state index contributed by atoms with van der Waals surface area (Å²) in [7, 11) is 0. The lowest BCUT2D eigenvalue weighted by molar-refractivity contribution is 0.0699. The molecule has 14 heavy (non-hydrogen) atoms. The van der Waals surface area contributed by atoms with E-state index in [0.717, 1.165) is 15.0 Å². The van der Waals surface area contributed by atoms with E-state index in [2.05, 4.69) is 12.6 Å². The van der Waals surface area contributed by atoms with Gasteiger partial charge in [-0.1, -0.05) is 12.1 Å². The summed E-state index contributed by atoms with van der Waals surface area (Å²) >= 11 is 5.66. The van der Waals surface area contributed by atoms with E-state index in [0.29, 0.717) is 11.3 Å². The van der Waals surface area contributed by atoms with E-state index in [1.54, 1.807) is 12.1 Å². The van der Waals surface area contributed by atoms with Gasteiger partial charge in [0.25, 0.3) is 0 Å². The maximum atomic E-state index is 10.9. The molecule has 0 fully saturated rings. The average molecular weight is 224 g/mol. The lowest BCUT2D eigenvalue weighted by Crippen LogP contribution is -1.94. The first kappa shape index (κ1) is 9.55. The van der Waals surface area contributed by atoms with E-state index >= 15 is 0 Å². The van der Waals surface area contributed by atoms with E-state index in [4.69, 9.17) is 5.11 Å². The molecule has 1 N–H and O–H groups in total. The van der Waals surface area contributed by atoms with Crippen LogP contribution in [-0.2, 0) is 5.75 Å². The molecule has 1 aromatic carbocycles. The Morgan fingerprint density at radius 3 is 2.93 bits per heavy atom. The highest BCUT2D eigenvalue weighted by Gasteiger charge is 2.10. The Kier molecular flexibility index (Phi) is 2.48. The van der Waals surface area contributed by atoms with Crippen molar-refractivity contribution in [3.63, 3.8) is 0 Å². The number of thiophene rings is 1. The van der Waals surface area contributed by atoms with Crippen LogP contribution in [0.3, 0.4) is 0 Å². The van der Waals surface area contributed by atoms with Crippen LogP contribution >= 0.6 is 24.0 Å². The van der Waals surface area contributed by atoms with Gasteiger partial charge < -0.3 is 5.11 Å². The second-order valence-corrected chi connectivity index (χ2v) is 4.35. The van der Waals surface area contributed by atoms with E-state index < -0.39 is 5.97 Å². The van der Waals surface area contributed by atoms with Gasteiger partial charge in [-0.3, -0.25) is 0 Å². The largest absolute Gasteiger partial charge is 0.478 e. The molecule has 1 aromatic heterocycles. The molecule has 0 spiro atoms. The minimum atomic E-state index is -0.872. The predicted octanol–water partition coefficient (Wildman–Crippen LogP) is 3.03. The zero-order valence-corrected chi connectivity index (χ0v) is 8.94. The summed E-state index contributed by atoms with van der Waals surface area (Å²) < 4.78 is 0.837. The first-order valence-electron chi connectivity index (χ1n) is 4.08. The van der Waals surface area contributed by atoms with Crippen LogP contribution in [0.1, 0.15) is 15.2 Å². The summed E-state index contributed by atoms with van der Waals surface area (Å²) in [6, 6.07) is 7.30. The highest BCUT2D eigenvalue weighted by Crippen LogP contribution is 2.29. The number of aromatic carboxylic acids is 1. The topological polar surface area (TPSA) is 37.3 Å². The normalized spacial score (nSPS) is 10.6. The number of hydrogen-bond donors (Lipinski definition) is 2. The number of fused-ring (bicyclic) bond motifs is 1. The summed E-state index contributed by atoms with van der Waals surface area (Å²) in [5.41, 5.74) is 0.375. The molecule has 0 aliphatic rings. The standard InChI is InChI=1S/C10H8O2S2/c11-10(12)8-3-1-2-6-4-7(5-13)14-9(6)8/h1-4,13H,5H2,(H,11,12). The van der Waals surface area contributed by atoms with Gasteiger partial charge in [0.2, 0.25) is 0 Å². The van der Waals surface area contributed by atoms with E-state index in [-0.39, 0.29) is 0 Å². The van der Waals surface area contributed by atoms with Crippen molar-refractivity contribution in [1.82, 2.24) is 0 Å². The maximum absolute atomic E-state index is 10.9. The number of carboxylic acids is 1. The van der Waals surface area contributed by atoms with Crippen LogP contribution in [0.15, 0.2) is 24.3 Å². The molecule has 0 aliphatic carbocycles. The van der Waals surface area contributed by atoms with Crippen LogP contribution in [-0.4, -0.2) is 11.1 Å². The molecule has 72 valence electrons. The minimum Gasteiger partial charge on any atom is -0.478 e. The molecule has 2 rings (SSSR count). The Morgan fingerprint density at radius 2 is 2.29 bits per heavy atom. The van der Waals surface area contributed by atoms with Gasteiger partial charge in [0.1, 0.15) is 0 Å². The molecule has 0 unspecified atom stereocenters. The quantitative estimate of drug-likeness (QED) is 0.769. The third kappa shape index (κ3) is 1.51. The molecular formula is C10H8O2S2. The third-order valence-electron chi connectivity index (χ3n) is 1.98. The molecule has 2 nitrogen and oxygen atoms in total. The van der Waals surface area contributed by atoms with Crippen LogP contribution in [0, 0.1) is 0 Å². The molecule has 1 heterocycles. The number of rotatable bonds is 2. The monoisotopic (exact) mass is 224 g/mol. The Morgan fingerprint density at radius 1 is 1.50 bits per heavy atom. The second-order valence-electron chi connectivity index (χ2n) is 2.90. The fourth-order valence-electron chi connectivity index (χ4n) is 1.36. The first-order chi connectivity index (χ1) is 6.72. The number of hydrogen-bond acceptors (Lipinski definition) is 3. The summed E-state index contributed by atoms with van der Waals surface area (Å²) in [5.74, 6) is -0.221. The molecule has 0 aliphatic heterocycles. The Balaban J connectivity index is 2.73. The molecular weight excluding hydrogens is 216 g/mol. The third-order valence-corrected chi connectivity index (χ3v) is 3.72. The fourth-order valence-corrected chi connectivity index (χ4v) is 2.67. The molecule has 0 bridgehead atoms. The van der Waals surface area contributed by atoms with Crippen molar-refractivity contribution >= 4 is 40.0 Å². The molecule has 0 atom stereocenters. The van der Waals surface area contributed by atoms with Gasteiger partial charge >= 0.3 is 5.97 Å². The van der Waals surface area contributed by atoms with Gasteiger partial charge in [-0.15, -0.1) is 11.3 Å². The van der Waals surface area contributed by atoms with Crippen molar-refractivity contribution < 1.29 is 9.90 Å². The molecule has 0 saturated carbocycles. The van der Waals surface area contributed by atoms with Crippen molar-refractivity contribution in [3.05, 3.63) is 34.7 Å². The number of carbonyl (C=O) groups is 1. The smallest absolute Gasteiger partial charge is 0.337 e. The number of thiol groups is 1. The van der Waals surface area contributed by atoms with Crippen LogP contribution in [0.5, 0.6) is 0 Å². The molecule has 2 aromatic rings. The van der Waals surface area contributed by atoms with Crippen LogP contribution in [0.25, 0.3) is 10.1 Å². The summed E-state index contributed by atoms with van der Waals surface area (Å²) in [6.45, 7) is 0. The summed E-state index contributed by atoms with van der Waals surface area (Å²) in [6.07, 6.45) is 0. The minimum absolute atomic E-state index is 0.375. The van der Waals surface area contributed by atoms with Crippen LogP contribution < -0.4 is 0 Å². The average Bonchev–Trinajstić information content (AvgIpc) is 2.59. The van der Waals surface area contributed by atoms with Crippen molar-refractivity contribution in [1.29, 1.82) is 0 Å². The Bertz CT molecular complexity index is 488. The molecule has 0 saturated heterocycles. The van der Waals surface area contributed by atoms with Gasteiger partial charge in [-0.05, 0) is 17.5 Å². The lowest BCUT2D eigenvalue weighted by atomic mass is 10.1. The van der Waals surface area contributed by atoms with Crippen molar-refractivity contribution in [3.8, 4) is 0 Å². The van der Waals surface area contributed by atoms with Gasteiger partial charge in [-0.25, -0.2) is 4.79 Å². The summed E-state index contributed by atoms with van der Waals surface area (Å²) in [4.78, 5) is 12.0. The molecule has 0 radical (unpaired) electrons. The van der Waals surface area contributed by atoms with Crippen molar-refractivity contribution in [2.45, 2.75) is 5.75 Å².